The fraction of sp³-hybridized carbons (Fsp3) is 0.147. The van der Waals surface area contributed by atoms with Crippen molar-refractivity contribution in [3.05, 3.63) is 119 Å². The lowest BCUT2D eigenvalue weighted by Gasteiger charge is -2.29. The average Bonchev–Trinajstić information content (AvgIpc) is 3.29. The zero-order valence-electron chi connectivity index (χ0n) is 23.4. The number of pyridine rings is 1. The van der Waals surface area contributed by atoms with Crippen LogP contribution in [0, 0.1) is 11.3 Å². The highest BCUT2D eigenvalue weighted by atomic mass is 16.5. The first-order valence-electron chi connectivity index (χ1n) is 13.8. The third-order valence-corrected chi connectivity index (χ3v) is 7.53. The summed E-state index contributed by atoms with van der Waals surface area (Å²) in [6.07, 6.45) is 1.70. The molecule has 1 aliphatic rings. The monoisotopic (exact) mass is 569 g/mol. The number of nitrogens with one attached hydrogen (secondary N) is 1. The van der Waals surface area contributed by atoms with Crippen LogP contribution in [0.1, 0.15) is 33.4 Å². The topological polar surface area (TPSA) is 117 Å². The molecule has 0 fully saturated rings. The third-order valence-electron chi connectivity index (χ3n) is 7.53. The summed E-state index contributed by atoms with van der Waals surface area (Å²) in [6, 6.07) is 28.9. The SMILES string of the molecule is COC(=O)c1cc2c3ccccc3n3c2c(n1)C(C(=O)NC/C(C#N)=C/c1ccccc1)N(Cc1ccccc1)C(=O)C3. The Morgan fingerprint density at radius 2 is 1.72 bits per heavy atom. The lowest BCUT2D eigenvalue weighted by molar-refractivity contribution is -0.141. The van der Waals surface area contributed by atoms with Crippen LogP contribution in [-0.2, 0) is 27.4 Å². The maximum atomic E-state index is 14.2. The molecule has 0 radical (unpaired) electrons. The number of nitriles is 1. The standard InChI is InChI=1S/C34H27N5O4/c1-43-34(42)27-17-26-25-14-8-9-15-28(25)38-21-29(40)39(20-23-12-6-3-7-13-23)32(30(37-27)31(26)38)33(41)36-19-24(18-35)16-22-10-4-2-5-11-22/h2-17,32H,19-21H2,1H3,(H,36,41)/b24-16+. The Morgan fingerprint density at radius 1 is 1.02 bits per heavy atom. The highest BCUT2D eigenvalue weighted by Crippen LogP contribution is 2.38. The number of fused-ring (bicyclic) bond motifs is 3. The molecule has 5 aromatic rings. The van der Waals surface area contributed by atoms with Gasteiger partial charge in [0, 0.05) is 28.4 Å². The van der Waals surface area contributed by atoms with Gasteiger partial charge in [0.15, 0.2) is 6.04 Å². The van der Waals surface area contributed by atoms with Gasteiger partial charge < -0.3 is 19.5 Å². The van der Waals surface area contributed by atoms with Gasteiger partial charge in [-0.1, -0.05) is 78.9 Å². The van der Waals surface area contributed by atoms with Crippen LogP contribution in [0.3, 0.4) is 0 Å². The van der Waals surface area contributed by atoms with Crippen molar-refractivity contribution in [2.24, 2.45) is 0 Å². The average molecular weight is 570 g/mol. The lowest BCUT2D eigenvalue weighted by atomic mass is 10.0. The predicted octanol–water partition coefficient (Wildman–Crippen LogP) is 4.78. The van der Waals surface area contributed by atoms with Crippen LogP contribution in [-0.4, -0.2) is 45.9 Å². The molecule has 1 aliphatic heterocycles. The van der Waals surface area contributed by atoms with Crippen molar-refractivity contribution in [3.8, 4) is 6.07 Å². The van der Waals surface area contributed by atoms with E-state index in [2.05, 4.69) is 16.4 Å². The fourth-order valence-corrected chi connectivity index (χ4v) is 5.56. The molecule has 212 valence electrons. The Kier molecular flexibility index (Phi) is 7.41. The van der Waals surface area contributed by atoms with Gasteiger partial charge in [0.25, 0.3) is 0 Å². The molecule has 1 unspecified atom stereocenters. The summed E-state index contributed by atoms with van der Waals surface area (Å²) in [6.45, 7) is 0.0538. The Labute approximate surface area is 247 Å². The molecule has 9 heteroatoms. The molecule has 2 aromatic heterocycles. The molecule has 3 aromatic carbocycles. The number of methoxy groups -OCH3 is 1. The van der Waals surface area contributed by atoms with E-state index in [9.17, 15) is 19.6 Å². The molecule has 0 spiro atoms. The normalized spacial score (nSPS) is 14.8. The van der Waals surface area contributed by atoms with E-state index in [-0.39, 0.29) is 36.9 Å². The van der Waals surface area contributed by atoms with Gasteiger partial charge in [0.05, 0.1) is 30.9 Å². The highest BCUT2D eigenvalue weighted by molar-refractivity contribution is 6.12. The molecular weight excluding hydrogens is 542 g/mol. The second kappa shape index (κ2) is 11.6. The number of rotatable bonds is 7. The van der Waals surface area contributed by atoms with Gasteiger partial charge in [-0.05, 0) is 29.3 Å². The van der Waals surface area contributed by atoms with E-state index in [0.29, 0.717) is 16.5 Å². The number of nitrogens with zero attached hydrogens (tertiary/aromatic N) is 4. The first-order valence-corrected chi connectivity index (χ1v) is 13.8. The Hall–Kier alpha value is -5.75. The van der Waals surface area contributed by atoms with E-state index in [4.69, 9.17) is 4.74 Å². The van der Waals surface area contributed by atoms with Crippen molar-refractivity contribution < 1.29 is 19.1 Å². The number of hydrogen-bond donors (Lipinski definition) is 1. The van der Waals surface area contributed by atoms with Crippen LogP contribution in [0.15, 0.2) is 96.6 Å². The van der Waals surface area contributed by atoms with E-state index >= 15 is 0 Å². The van der Waals surface area contributed by atoms with E-state index < -0.39 is 17.9 Å². The fourth-order valence-electron chi connectivity index (χ4n) is 5.56. The predicted molar refractivity (Wildman–Crippen MR) is 161 cm³/mol. The summed E-state index contributed by atoms with van der Waals surface area (Å²) in [5, 5.41) is 14.2. The molecule has 6 rings (SSSR count). The van der Waals surface area contributed by atoms with Crippen LogP contribution in [0.25, 0.3) is 27.9 Å². The van der Waals surface area contributed by atoms with E-state index in [1.807, 2.05) is 89.5 Å². The van der Waals surface area contributed by atoms with Gasteiger partial charge in [-0.2, -0.15) is 5.26 Å². The number of amides is 2. The third kappa shape index (κ3) is 5.22. The van der Waals surface area contributed by atoms with Gasteiger partial charge >= 0.3 is 5.97 Å². The van der Waals surface area contributed by atoms with Gasteiger partial charge in [-0.25, -0.2) is 9.78 Å². The number of aromatic nitrogens is 2. The Balaban J connectivity index is 1.50. The lowest BCUT2D eigenvalue weighted by Crippen LogP contribution is -2.44. The minimum atomic E-state index is -1.19. The van der Waals surface area contributed by atoms with E-state index in [1.165, 1.54) is 12.0 Å². The number of ether oxygens (including phenoxy) is 1. The summed E-state index contributed by atoms with van der Waals surface area (Å²) in [7, 11) is 1.27. The van der Waals surface area contributed by atoms with Crippen LogP contribution >= 0.6 is 0 Å². The maximum Gasteiger partial charge on any atom is 0.356 e. The van der Waals surface area contributed by atoms with Gasteiger partial charge in [0.2, 0.25) is 11.8 Å². The van der Waals surface area contributed by atoms with Crippen LogP contribution < -0.4 is 5.32 Å². The van der Waals surface area contributed by atoms with Crippen LogP contribution in [0.4, 0.5) is 0 Å². The summed E-state index contributed by atoms with van der Waals surface area (Å²) in [4.78, 5) is 47.2. The van der Waals surface area contributed by atoms with Crippen molar-refractivity contribution in [1.82, 2.24) is 19.8 Å². The Morgan fingerprint density at radius 3 is 2.44 bits per heavy atom. The van der Waals surface area contributed by atoms with E-state index in [1.54, 1.807) is 12.1 Å². The van der Waals surface area contributed by atoms with Crippen LogP contribution in [0.2, 0.25) is 0 Å². The molecule has 0 saturated heterocycles. The molecule has 43 heavy (non-hydrogen) atoms. The number of esters is 1. The second-order valence-corrected chi connectivity index (χ2v) is 10.2. The van der Waals surface area contributed by atoms with Crippen molar-refractivity contribution in [1.29, 1.82) is 5.26 Å². The molecule has 1 N–H and O–H groups in total. The van der Waals surface area contributed by atoms with Crippen LogP contribution in [0.5, 0.6) is 0 Å². The molecular formula is C34H27N5O4. The molecule has 9 nitrogen and oxygen atoms in total. The summed E-state index contributed by atoms with van der Waals surface area (Å²) >= 11 is 0. The number of benzene rings is 3. The second-order valence-electron chi connectivity index (χ2n) is 10.2. The number of para-hydroxylation sites is 1. The minimum absolute atomic E-state index is 0.0236. The smallest absolute Gasteiger partial charge is 0.356 e. The van der Waals surface area contributed by atoms with Crippen molar-refractivity contribution in [3.63, 3.8) is 0 Å². The summed E-state index contributed by atoms with van der Waals surface area (Å²) < 4.78 is 6.87. The molecule has 0 saturated carbocycles. The number of hydrogen-bond acceptors (Lipinski definition) is 6. The quantitative estimate of drug-likeness (QED) is 0.223. The minimum Gasteiger partial charge on any atom is -0.464 e. The molecule has 0 bridgehead atoms. The summed E-state index contributed by atoms with van der Waals surface area (Å²) in [5.74, 6) is -1.46. The largest absolute Gasteiger partial charge is 0.464 e. The van der Waals surface area contributed by atoms with Gasteiger partial charge in [-0.3, -0.25) is 9.59 Å². The van der Waals surface area contributed by atoms with E-state index in [0.717, 1.165) is 22.0 Å². The van der Waals surface area contributed by atoms with Crippen molar-refractivity contribution in [2.45, 2.75) is 19.1 Å². The summed E-state index contributed by atoms with van der Waals surface area (Å²) in [5.41, 5.74) is 3.66. The molecule has 1 atom stereocenters. The van der Waals surface area contributed by atoms with Crippen molar-refractivity contribution >= 4 is 45.7 Å². The molecule has 2 amide bonds. The number of carbonyl (C=O) groups is 3. The van der Waals surface area contributed by atoms with Crippen molar-refractivity contribution in [2.75, 3.05) is 13.7 Å². The highest BCUT2D eigenvalue weighted by Gasteiger charge is 2.39. The first-order chi connectivity index (χ1) is 21.0. The van der Waals surface area contributed by atoms with Gasteiger partial charge in [0.1, 0.15) is 12.2 Å². The maximum absolute atomic E-state index is 14.2. The molecule has 3 heterocycles. The zero-order valence-corrected chi connectivity index (χ0v) is 23.4. The van der Waals surface area contributed by atoms with Gasteiger partial charge in [-0.15, -0.1) is 0 Å². The number of carbonyl (C=O) groups excluding carboxylic acids is 3. The first kappa shape index (κ1) is 27.4. The Bertz CT molecular complexity index is 1940. The zero-order chi connectivity index (χ0) is 29.9. The molecule has 0 aliphatic carbocycles.